The number of unbranched alkanes of at least 4 members (excludes halogenated alkanes) is 3. The molecule has 118 valence electrons. The molecule has 0 aromatic carbocycles. The average molecular weight is 308 g/mol. The van der Waals surface area contributed by atoms with Crippen molar-refractivity contribution in [2.75, 3.05) is 13.1 Å². The van der Waals surface area contributed by atoms with Gasteiger partial charge < -0.3 is 4.90 Å². The molecule has 2 heterocycles. The molecule has 1 atom stereocenters. The third-order valence-corrected chi connectivity index (χ3v) is 5.09. The topological polar surface area (TPSA) is 32.3 Å². The van der Waals surface area contributed by atoms with Crippen molar-refractivity contribution >= 4 is 17.2 Å². The number of carbonyl (C=O) groups excluding carboxylic acids is 1. The molecule has 4 heteroatoms. The molecule has 1 unspecified atom stereocenters. The molecule has 1 aromatic rings. The zero-order valence-corrected chi connectivity index (χ0v) is 14.3. The van der Waals surface area contributed by atoms with Crippen LogP contribution >= 0.6 is 11.3 Å². The highest BCUT2D eigenvalue weighted by Gasteiger charge is 2.31. The third kappa shape index (κ3) is 4.82. The zero-order chi connectivity index (χ0) is 15.2. The number of amides is 1. The highest BCUT2D eigenvalue weighted by Crippen LogP contribution is 2.28. The first-order valence-electron chi connectivity index (χ1n) is 8.17. The van der Waals surface area contributed by atoms with Crippen LogP contribution in [0.15, 0.2) is 12.1 Å². The average Bonchev–Trinajstić information content (AvgIpc) is 3.00. The van der Waals surface area contributed by atoms with Crippen LogP contribution < -0.4 is 5.32 Å². The van der Waals surface area contributed by atoms with Crippen LogP contribution in [0, 0.1) is 12.8 Å². The van der Waals surface area contributed by atoms with Gasteiger partial charge in [-0.15, -0.1) is 11.3 Å². The molecule has 1 amide bonds. The van der Waals surface area contributed by atoms with E-state index in [4.69, 9.17) is 0 Å². The van der Waals surface area contributed by atoms with E-state index >= 15 is 0 Å². The van der Waals surface area contributed by atoms with E-state index in [0.29, 0.717) is 6.54 Å². The standard InChI is InChI=1S/C17H28N2OS/c1-13(2)8-6-4-5-7-11-19-16(20)12-18-17(19)15-10-9-14(3)21-15/h9-10,13,17-18H,4-8,11-12H2,1-3H3. The van der Waals surface area contributed by atoms with Gasteiger partial charge in [0, 0.05) is 16.3 Å². The summed E-state index contributed by atoms with van der Waals surface area (Å²) in [6.07, 6.45) is 6.38. The van der Waals surface area contributed by atoms with E-state index in [1.54, 1.807) is 11.3 Å². The van der Waals surface area contributed by atoms with Crippen molar-refractivity contribution < 1.29 is 4.79 Å². The molecule has 1 aliphatic rings. The molecule has 21 heavy (non-hydrogen) atoms. The molecule has 3 nitrogen and oxygen atoms in total. The van der Waals surface area contributed by atoms with Gasteiger partial charge in [0.2, 0.25) is 5.91 Å². The molecule has 1 N–H and O–H groups in total. The van der Waals surface area contributed by atoms with Crippen molar-refractivity contribution in [3.63, 3.8) is 0 Å². The van der Waals surface area contributed by atoms with Crippen molar-refractivity contribution in [1.29, 1.82) is 0 Å². The summed E-state index contributed by atoms with van der Waals surface area (Å²) in [5, 5.41) is 3.34. The van der Waals surface area contributed by atoms with Crippen LogP contribution in [0.4, 0.5) is 0 Å². The molecule has 0 radical (unpaired) electrons. The van der Waals surface area contributed by atoms with E-state index in [0.717, 1.165) is 18.9 Å². The molecular weight excluding hydrogens is 280 g/mol. The van der Waals surface area contributed by atoms with Crippen LogP contribution in [0.2, 0.25) is 0 Å². The number of nitrogens with zero attached hydrogens (tertiary/aromatic N) is 1. The summed E-state index contributed by atoms with van der Waals surface area (Å²) in [4.78, 5) is 16.6. The minimum atomic E-state index is 0.104. The van der Waals surface area contributed by atoms with Crippen LogP contribution in [0.25, 0.3) is 0 Å². The predicted molar refractivity (Wildman–Crippen MR) is 89.4 cm³/mol. The first-order valence-corrected chi connectivity index (χ1v) is 8.98. The summed E-state index contributed by atoms with van der Waals surface area (Å²) >= 11 is 1.78. The molecule has 0 saturated carbocycles. The molecule has 0 aliphatic carbocycles. The molecular formula is C17H28N2OS. The van der Waals surface area contributed by atoms with E-state index in [-0.39, 0.29) is 12.1 Å². The van der Waals surface area contributed by atoms with Gasteiger partial charge in [0.15, 0.2) is 0 Å². The fourth-order valence-corrected chi connectivity index (χ4v) is 3.80. The second kappa shape index (κ2) is 7.95. The smallest absolute Gasteiger partial charge is 0.238 e. The minimum absolute atomic E-state index is 0.104. The van der Waals surface area contributed by atoms with Gasteiger partial charge in [0.05, 0.1) is 6.54 Å². The lowest BCUT2D eigenvalue weighted by molar-refractivity contribution is -0.128. The van der Waals surface area contributed by atoms with Crippen LogP contribution in [-0.2, 0) is 4.79 Å². The van der Waals surface area contributed by atoms with Crippen molar-refractivity contribution in [2.45, 2.75) is 59.0 Å². The Kier molecular flexibility index (Phi) is 6.24. The zero-order valence-electron chi connectivity index (χ0n) is 13.5. The Morgan fingerprint density at radius 1 is 1.29 bits per heavy atom. The van der Waals surface area contributed by atoms with E-state index < -0.39 is 0 Å². The monoisotopic (exact) mass is 308 g/mol. The molecule has 0 spiro atoms. The number of hydrogen-bond donors (Lipinski definition) is 1. The maximum absolute atomic E-state index is 12.0. The van der Waals surface area contributed by atoms with Gasteiger partial charge >= 0.3 is 0 Å². The maximum Gasteiger partial charge on any atom is 0.238 e. The number of aryl methyl sites for hydroxylation is 1. The summed E-state index contributed by atoms with van der Waals surface area (Å²) in [7, 11) is 0. The molecule has 1 saturated heterocycles. The van der Waals surface area contributed by atoms with Crippen molar-refractivity contribution in [1.82, 2.24) is 10.2 Å². The van der Waals surface area contributed by atoms with Crippen LogP contribution in [0.1, 0.15) is 61.9 Å². The van der Waals surface area contributed by atoms with Crippen LogP contribution in [-0.4, -0.2) is 23.9 Å². The number of carbonyl (C=O) groups is 1. The summed E-state index contributed by atoms with van der Waals surface area (Å²) in [5.74, 6) is 1.05. The van der Waals surface area contributed by atoms with E-state index in [9.17, 15) is 4.79 Å². The van der Waals surface area contributed by atoms with Gasteiger partial charge in [-0.05, 0) is 31.4 Å². The van der Waals surface area contributed by atoms with Crippen molar-refractivity contribution in [3.05, 3.63) is 21.9 Å². The number of nitrogens with one attached hydrogen (secondary N) is 1. The van der Waals surface area contributed by atoms with Crippen molar-refractivity contribution in [3.8, 4) is 0 Å². The Morgan fingerprint density at radius 3 is 2.71 bits per heavy atom. The van der Waals surface area contributed by atoms with Gasteiger partial charge in [-0.25, -0.2) is 0 Å². The fraction of sp³-hybridized carbons (Fsp3) is 0.706. The van der Waals surface area contributed by atoms with Crippen LogP contribution in [0.5, 0.6) is 0 Å². The van der Waals surface area contributed by atoms with Crippen molar-refractivity contribution in [2.24, 2.45) is 5.92 Å². The van der Waals surface area contributed by atoms with Gasteiger partial charge in [0.25, 0.3) is 0 Å². The fourth-order valence-electron chi connectivity index (χ4n) is 2.84. The number of hydrogen-bond acceptors (Lipinski definition) is 3. The second-order valence-electron chi connectivity index (χ2n) is 6.42. The Balaban J connectivity index is 1.76. The molecule has 1 aliphatic heterocycles. The van der Waals surface area contributed by atoms with Gasteiger partial charge in [0.1, 0.15) is 6.17 Å². The summed E-state index contributed by atoms with van der Waals surface area (Å²) < 4.78 is 0. The number of thiophene rings is 1. The Labute approximate surface area is 132 Å². The minimum Gasteiger partial charge on any atom is -0.321 e. The normalized spacial score (nSPS) is 19.0. The third-order valence-electron chi connectivity index (χ3n) is 4.04. The van der Waals surface area contributed by atoms with Gasteiger partial charge in [-0.1, -0.05) is 39.5 Å². The lowest BCUT2D eigenvalue weighted by atomic mass is 10.0. The Morgan fingerprint density at radius 2 is 2.05 bits per heavy atom. The maximum atomic E-state index is 12.0. The van der Waals surface area contributed by atoms with E-state index in [1.807, 2.05) is 4.90 Å². The lowest BCUT2D eigenvalue weighted by Gasteiger charge is -2.23. The Bertz CT molecular complexity index is 455. The largest absolute Gasteiger partial charge is 0.321 e. The molecule has 1 fully saturated rings. The quantitative estimate of drug-likeness (QED) is 0.734. The van der Waals surface area contributed by atoms with E-state index in [1.165, 1.54) is 35.4 Å². The predicted octanol–water partition coefficient (Wildman–Crippen LogP) is 4.09. The summed E-state index contributed by atoms with van der Waals surface area (Å²) in [5.41, 5.74) is 0. The summed E-state index contributed by atoms with van der Waals surface area (Å²) in [6, 6.07) is 4.28. The SMILES string of the molecule is Cc1ccc(C2NCC(=O)N2CCCCCCC(C)C)s1. The summed E-state index contributed by atoms with van der Waals surface area (Å²) in [6.45, 7) is 8.04. The first kappa shape index (κ1) is 16.5. The molecule has 1 aromatic heterocycles. The Hall–Kier alpha value is -0.870. The first-order chi connectivity index (χ1) is 10.1. The lowest BCUT2D eigenvalue weighted by Crippen LogP contribution is -2.30. The van der Waals surface area contributed by atoms with E-state index in [2.05, 4.69) is 38.2 Å². The molecule has 0 bridgehead atoms. The molecule has 2 rings (SSSR count). The highest BCUT2D eigenvalue weighted by atomic mass is 32.1. The van der Waals surface area contributed by atoms with Crippen LogP contribution in [0.3, 0.4) is 0 Å². The highest BCUT2D eigenvalue weighted by molar-refractivity contribution is 7.12. The second-order valence-corrected chi connectivity index (χ2v) is 7.74. The van der Waals surface area contributed by atoms with Gasteiger partial charge in [-0.2, -0.15) is 0 Å². The van der Waals surface area contributed by atoms with Gasteiger partial charge in [-0.3, -0.25) is 10.1 Å². The number of rotatable bonds is 8.